The van der Waals surface area contributed by atoms with Crippen molar-refractivity contribution in [3.05, 3.63) is 77.4 Å². The Balaban J connectivity index is 1.61. The predicted molar refractivity (Wildman–Crippen MR) is 135 cm³/mol. The Kier molecular flexibility index (Phi) is 6.17. The van der Waals surface area contributed by atoms with Crippen LogP contribution in [0.25, 0.3) is 10.8 Å². The predicted octanol–water partition coefficient (Wildman–Crippen LogP) is 5.49. The zero-order valence-corrected chi connectivity index (χ0v) is 20.3. The lowest BCUT2D eigenvalue weighted by Crippen LogP contribution is -2.42. The van der Waals surface area contributed by atoms with E-state index in [1.807, 2.05) is 60.7 Å². The maximum atomic E-state index is 13.5. The smallest absolute Gasteiger partial charge is 0.324 e. The van der Waals surface area contributed by atoms with Gasteiger partial charge in [-0.25, -0.2) is 4.79 Å². The van der Waals surface area contributed by atoms with Gasteiger partial charge in [-0.15, -0.1) is 0 Å². The van der Waals surface area contributed by atoms with Crippen molar-refractivity contribution < 1.29 is 14.4 Å². The van der Waals surface area contributed by atoms with Gasteiger partial charge in [-0.3, -0.25) is 14.5 Å². The minimum absolute atomic E-state index is 0.209. The van der Waals surface area contributed by atoms with Crippen LogP contribution in [0.1, 0.15) is 63.1 Å². The highest BCUT2D eigenvalue weighted by Gasteiger charge is 2.50. The van der Waals surface area contributed by atoms with E-state index in [2.05, 4.69) is 38.3 Å². The monoisotopic (exact) mass is 457 g/mol. The molecule has 0 aliphatic carbocycles. The molecule has 1 aliphatic rings. The molecule has 0 unspecified atom stereocenters. The molecule has 1 fully saturated rings. The van der Waals surface area contributed by atoms with Crippen LogP contribution in [0, 0.1) is 0 Å². The van der Waals surface area contributed by atoms with Crippen LogP contribution in [0.3, 0.4) is 0 Å². The molecule has 0 saturated carbocycles. The topological polar surface area (TPSA) is 78.5 Å². The molecule has 6 nitrogen and oxygen atoms in total. The number of nitrogens with one attached hydrogen (secondary N) is 2. The Morgan fingerprint density at radius 1 is 0.912 bits per heavy atom. The Labute approximate surface area is 200 Å². The molecule has 34 heavy (non-hydrogen) atoms. The third kappa shape index (κ3) is 4.04. The molecule has 1 aliphatic heterocycles. The molecular weight excluding hydrogens is 426 g/mol. The van der Waals surface area contributed by atoms with Gasteiger partial charge >= 0.3 is 6.03 Å². The molecule has 4 rings (SSSR count). The number of amides is 4. The first-order valence-electron chi connectivity index (χ1n) is 11.7. The fourth-order valence-electron chi connectivity index (χ4n) is 4.70. The van der Waals surface area contributed by atoms with E-state index in [1.165, 1.54) is 0 Å². The van der Waals surface area contributed by atoms with E-state index in [0.717, 1.165) is 32.5 Å². The number of hydrogen-bond acceptors (Lipinski definition) is 3. The van der Waals surface area contributed by atoms with Crippen LogP contribution in [-0.2, 0) is 15.1 Å². The van der Waals surface area contributed by atoms with E-state index in [4.69, 9.17) is 0 Å². The van der Waals surface area contributed by atoms with E-state index >= 15 is 0 Å². The number of para-hydroxylation sites is 1. The van der Waals surface area contributed by atoms with Gasteiger partial charge < -0.3 is 10.6 Å². The lowest BCUT2D eigenvalue weighted by molar-refractivity contribution is -0.133. The molecule has 3 aromatic rings. The number of hydrogen-bond donors (Lipinski definition) is 2. The van der Waals surface area contributed by atoms with E-state index < -0.39 is 23.4 Å². The second-order valence-electron chi connectivity index (χ2n) is 9.64. The third-order valence-electron chi connectivity index (χ3n) is 6.54. The average molecular weight is 458 g/mol. The lowest BCUT2D eigenvalue weighted by Gasteiger charge is -2.24. The summed E-state index contributed by atoms with van der Waals surface area (Å²) in [6.45, 7) is 9.63. The van der Waals surface area contributed by atoms with Crippen LogP contribution in [0.5, 0.6) is 0 Å². The summed E-state index contributed by atoms with van der Waals surface area (Å²) in [6, 6.07) is 18.8. The summed E-state index contributed by atoms with van der Waals surface area (Å²) in [5.41, 5.74) is 2.27. The summed E-state index contributed by atoms with van der Waals surface area (Å²) < 4.78 is 0. The summed E-state index contributed by atoms with van der Waals surface area (Å²) in [5.74, 6) is -0.424. The number of anilines is 1. The minimum atomic E-state index is -1.25. The highest BCUT2D eigenvalue weighted by Crippen LogP contribution is 2.35. The summed E-state index contributed by atoms with van der Waals surface area (Å²) >= 11 is 0. The molecule has 0 bridgehead atoms. The fourth-order valence-corrected chi connectivity index (χ4v) is 4.70. The largest absolute Gasteiger partial charge is 0.325 e. The molecule has 176 valence electrons. The number of carbonyl (C=O) groups excluding carboxylic acids is 3. The van der Waals surface area contributed by atoms with E-state index in [-0.39, 0.29) is 18.4 Å². The van der Waals surface area contributed by atoms with E-state index in [0.29, 0.717) is 5.56 Å². The molecule has 1 saturated heterocycles. The minimum Gasteiger partial charge on any atom is -0.324 e. The van der Waals surface area contributed by atoms with Crippen LogP contribution in [0.15, 0.2) is 60.7 Å². The zero-order valence-electron chi connectivity index (χ0n) is 20.3. The van der Waals surface area contributed by atoms with Crippen LogP contribution in [0.2, 0.25) is 0 Å². The van der Waals surface area contributed by atoms with Gasteiger partial charge in [-0.1, -0.05) is 88.4 Å². The van der Waals surface area contributed by atoms with Crippen LogP contribution in [-0.4, -0.2) is 29.3 Å². The molecule has 1 heterocycles. The first kappa shape index (κ1) is 23.5. The molecule has 0 aromatic heterocycles. The second kappa shape index (κ2) is 8.93. The van der Waals surface area contributed by atoms with Crippen molar-refractivity contribution in [2.75, 3.05) is 11.9 Å². The maximum Gasteiger partial charge on any atom is 0.325 e. The Hall–Kier alpha value is -3.67. The first-order chi connectivity index (χ1) is 16.1. The molecular formula is C28H31N3O3. The highest BCUT2D eigenvalue weighted by molar-refractivity contribution is 6.11. The average Bonchev–Trinajstić information content (AvgIpc) is 3.02. The first-order valence-corrected chi connectivity index (χ1v) is 11.7. The van der Waals surface area contributed by atoms with Gasteiger partial charge in [0.1, 0.15) is 12.1 Å². The number of urea groups is 1. The molecule has 0 radical (unpaired) electrons. The SMILES string of the molecule is CC(C)c1cccc(C(C)C)c1NC(=O)CN1C(=O)N[C@](C)(c2cccc3ccccc23)C1=O. The van der Waals surface area contributed by atoms with Gasteiger partial charge in [-0.05, 0) is 46.2 Å². The van der Waals surface area contributed by atoms with Crippen molar-refractivity contribution in [2.45, 2.75) is 52.0 Å². The van der Waals surface area contributed by atoms with Crippen molar-refractivity contribution in [2.24, 2.45) is 0 Å². The summed E-state index contributed by atoms with van der Waals surface area (Å²) in [5, 5.41) is 7.68. The quantitative estimate of drug-likeness (QED) is 0.480. The maximum absolute atomic E-state index is 13.5. The number of benzene rings is 3. The number of nitrogens with zero attached hydrogens (tertiary/aromatic N) is 1. The number of carbonyl (C=O) groups is 3. The second-order valence-corrected chi connectivity index (χ2v) is 9.64. The molecule has 0 spiro atoms. The number of fused-ring (bicyclic) bond motifs is 1. The van der Waals surface area contributed by atoms with Gasteiger partial charge in [0.15, 0.2) is 0 Å². The van der Waals surface area contributed by atoms with Crippen LogP contribution >= 0.6 is 0 Å². The fraction of sp³-hybridized carbons (Fsp3) is 0.321. The summed E-state index contributed by atoms with van der Waals surface area (Å²) in [4.78, 5) is 40.4. The Morgan fingerprint density at radius 2 is 1.50 bits per heavy atom. The van der Waals surface area contributed by atoms with Gasteiger partial charge in [0.2, 0.25) is 5.91 Å². The van der Waals surface area contributed by atoms with Gasteiger partial charge in [0, 0.05) is 5.69 Å². The van der Waals surface area contributed by atoms with Crippen LogP contribution in [0.4, 0.5) is 10.5 Å². The summed E-state index contributed by atoms with van der Waals surface area (Å²) in [7, 11) is 0. The lowest BCUT2D eigenvalue weighted by atomic mass is 9.88. The third-order valence-corrected chi connectivity index (χ3v) is 6.54. The number of rotatable bonds is 6. The van der Waals surface area contributed by atoms with Crippen molar-refractivity contribution >= 4 is 34.3 Å². The van der Waals surface area contributed by atoms with Crippen molar-refractivity contribution in [3.8, 4) is 0 Å². The van der Waals surface area contributed by atoms with Crippen molar-refractivity contribution in [3.63, 3.8) is 0 Å². The zero-order chi connectivity index (χ0) is 24.6. The highest BCUT2D eigenvalue weighted by atomic mass is 16.2. The normalized spacial score (nSPS) is 18.1. The van der Waals surface area contributed by atoms with Crippen molar-refractivity contribution in [1.82, 2.24) is 10.2 Å². The molecule has 4 amide bonds. The molecule has 1 atom stereocenters. The number of imide groups is 1. The Morgan fingerprint density at radius 3 is 2.15 bits per heavy atom. The van der Waals surface area contributed by atoms with E-state index in [1.54, 1.807) is 6.92 Å². The van der Waals surface area contributed by atoms with Gasteiger partial charge in [0.25, 0.3) is 5.91 Å². The molecule has 2 N–H and O–H groups in total. The summed E-state index contributed by atoms with van der Waals surface area (Å²) in [6.07, 6.45) is 0. The standard InChI is InChI=1S/C28H31N3O3/c1-17(2)20-13-9-14-21(18(3)4)25(20)29-24(32)16-31-26(33)28(5,30-27(31)34)23-15-8-11-19-10-6-7-12-22(19)23/h6-15,17-18H,16H2,1-5H3,(H,29,32)(H,30,34)/t28-/m1/s1. The van der Waals surface area contributed by atoms with Crippen molar-refractivity contribution in [1.29, 1.82) is 0 Å². The van der Waals surface area contributed by atoms with Crippen LogP contribution < -0.4 is 10.6 Å². The van der Waals surface area contributed by atoms with Gasteiger partial charge in [0.05, 0.1) is 0 Å². The van der Waals surface area contributed by atoms with Gasteiger partial charge in [-0.2, -0.15) is 0 Å². The molecule has 6 heteroatoms. The molecule has 3 aromatic carbocycles. The van der Waals surface area contributed by atoms with E-state index in [9.17, 15) is 14.4 Å². The Bertz CT molecular complexity index is 1250.